The quantitative estimate of drug-likeness (QED) is 0.849. The van der Waals surface area contributed by atoms with Crippen molar-refractivity contribution in [1.29, 1.82) is 0 Å². The maximum absolute atomic E-state index is 3.96. The van der Waals surface area contributed by atoms with E-state index < -0.39 is 0 Å². The van der Waals surface area contributed by atoms with E-state index in [1.807, 2.05) is 0 Å². The summed E-state index contributed by atoms with van der Waals surface area (Å²) in [5, 5.41) is 3.96. The molecule has 3 atom stereocenters. The van der Waals surface area contributed by atoms with Gasteiger partial charge in [-0.2, -0.15) is 0 Å². The van der Waals surface area contributed by atoms with Crippen molar-refractivity contribution in [2.45, 2.75) is 57.4 Å². The molecule has 1 N–H and O–H groups in total. The monoisotopic (exact) mass is 257 g/mol. The Kier molecular flexibility index (Phi) is 3.66. The lowest BCUT2D eigenvalue weighted by atomic mass is 9.77. The highest BCUT2D eigenvalue weighted by Gasteiger charge is 2.54. The number of rotatable bonds is 3. The van der Waals surface area contributed by atoms with Gasteiger partial charge in [-0.05, 0) is 49.1 Å². The van der Waals surface area contributed by atoms with Crippen molar-refractivity contribution in [3.8, 4) is 0 Å². The zero-order valence-corrected chi connectivity index (χ0v) is 12.4. The van der Waals surface area contributed by atoms with Gasteiger partial charge in [0.1, 0.15) is 0 Å². The van der Waals surface area contributed by atoms with Crippen molar-refractivity contribution in [3.05, 3.63) is 35.9 Å². The molecule has 0 radical (unpaired) electrons. The van der Waals surface area contributed by atoms with Crippen molar-refractivity contribution in [3.63, 3.8) is 0 Å². The number of hydrogen-bond donors (Lipinski definition) is 1. The Balaban J connectivity index is 1.79. The lowest BCUT2D eigenvalue weighted by molar-refractivity contribution is 0.190. The van der Waals surface area contributed by atoms with Crippen molar-refractivity contribution in [1.82, 2.24) is 5.32 Å². The summed E-state index contributed by atoms with van der Waals surface area (Å²) in [6, 6.07) is 11.1. The topological polar surface area (TPSA) is 12.0 Å². The molecule has 1 nitrogen and oxygen atoms in total. The van der Waals surface area contributed by atoms with Crippen LogP contribution in [-0.2, 0) is 0 Å². The normalized spacial score (nSPS) is 35.1. The van der Waals surface area contributed by atoms with Gasteiger partial charge < -0.3 is 5.32 Å². The van der Waals surface area contributed by atoms with E-state index in [4.69, 9.17) is 0 Å². The second-order valence-corrected chi connectivity index (χ2v) is 6.79. The highest BCUT2D eigenvalue weighted by Crippen LogP contribution is 2.57. The van der Waals surface area contributed by atoms with E-state index in [1.54, 1.807) is 5.56 Å². The molecule has 3 unspecified atom stereocenters. The zero-order valence-electron chi connectivity index (χ0n) is 12.4. The first kappa shape index (κ1) is 13.2. The number of hydrogen-bond acceptors (Lipinski definition) is 1. The van der Waals surface area contributed by atoms with E-state index in [1.165, 1.54) is 38.6 Å². The minimum Gasteiger partial charge on any atom is -0.311 e. The molecule has 19 heavy (non-hydrogen) atoms. The third-order valence-electron chi connectivity index (χ3n) is 5.43. The average molecular weight is 257 g/mol. The minimum atomic E-state index is 0.400. The van der Waals surface area contributed by atoms with Crippen LogP contribution in [0.15, 0.2) is 30.3 Å². The van der Waals surface area contributed by atoms with Crippen LogP contribution in [0.3, 0.4) is 0 Å². The fourth-order valence-electron chi connectivity index (χ4n) is 4.20. The predicted molar refractivity (Wildman–Crippen MR) is 81.3 cm³/mol. The highest BCUT2D eigenvalue weighted by molar-refractivity contribution is 5.29. The Bertz CT molecular complexity index is 401. The second-order valence-electron chi connectivity index (χ2n) is 6.79. The zero-order chi connectivity index (χ0) is 13.3. The van der Waals surface area contributed by atoms with E-state index in [9.17, 15) is 0 Å². The van der Waals surface area contributed by atoms with Crippen LogP contribution in [0.25, 0.3) is 0 Å². The molecule has 1 aromatic carbocycles. The first-order chi connectivity index (χ1) is 9.24. The van der Waals surface area contributed by atoms with E-state index in [-0.39, 0.29) is 0 Å². The van der Waals surface area contributed by atoms with Crippen LogP contribution in [-0.4, -0.2) is 12.1 Å². The van der Waals surface area contributed by atoms with Crippen molar-refractivity contribution in [2.24, 2.45) is 11.8 Å². The summed E-state index contributed by atoms with van der Waals surface area (Å²) in [7, 11) is 0. The van der Waals surface area contributed by atoms with Crippen LogP contribution < -0.4 is 5.32 Å². The summed E-state index contributed by atoms with van der Waals surface area (Å²) < 4.78 is 0. The van der Waals surface area contributed by atoms with Crippen LogP contribution in [0, 0.1) is 11.8 Å². The van der Waals surface area contributed by atoms with Gasteiger partial charge in [-0.1, -0.05) is 57.0 Å². The smallest absolute Gasteiger partial charge is 0.0238 e. The van der Waals surface area contributed by atoms with Gasteiger partial charge in [0, 0.05) is 5.54 Å². The number of nitrogens with one attached hydrogen (secondary N) is 1. The third kappa shape index (κ3) is 2.45. The Morgan fingerprint density at radius 3 is 2.63 bits per heavy atom. The van der Waals surface area contributed by atoms with Gasteiger partial charge in [-0.25, -0.2) is 0 Å². The van der Waals surface area contributed by atoms with E-state index in [2.05, 4.69) is 49.5 Å². The SMILES string of the molecule is CC(C)C1(C2CC2c2ccccc2)CCCCCN1. The summed E-state index contributed by atoms with van der Waals surface area (Å²) in [5.41, 5.74) is 1.95. The van der Waals surface area contributed by atoms with Crippen LogP contribution >= 0.6 is 0 Å². The summed E-state index contributed by atoms with van der Waals surface area (Å²) >= 11 is 0. The molecular weight excluding hydrogens is 230 g/mol. The Morgan fingerprint density at radius 1 is 1.11 bits per heavy atom. The molecule has 2 fully saturated rings. The van der Waals surface area contributed by atoms with Crippen LogP contribution in [0.4, 0.5) is 0 Å². The van der Waals surface area contributed by atoms with E-state index in [0.717, 1.165) is 17.8 Å². The van der Waals surface area contributed by atoms with Crippen LogP contribution in [0.5, 0.6) is 0 Å². The Morgan fingerprint density at radius 2 is 1.89 bits per heavy atom. The van der Waals surface area contributed by atoms with Crippen molar-refractivity contribution in [2.75, 3.05) is 6.54 Å². The molecule has 1 heterocycles. The summed E-state index contributed by atoms with van der Waals surface area (Å²) in [5.74, 6) is 2.39. The third-order valence-corrected chi connectivity index (χ3v) is 5.43. The van der Waals surface area contributed by atoms with Gasteiger partial charge in [0.15, 0.2) is 0 Å². The molecule has 0 aromatic heterocycles. The van der Waals surface area contributed by atoms with Gasteiger partial charge in [-0.3, -0.25) is 0 Å². The lowest BCUT2D eigenvalue weighted by Gasteiger charge is -2.39. The van der Waals surface area contributed by atoms with Crippen LogP contribution in [0.1, 0.15) is 57.4 Å². The Labute approximate surface area is 117 Å². The largest absolute Gasteiger partial charge is 0.311 e. The number of benzene rings is 1. The van der Waals surface area contributed by atoms with Gasteiger partial charge in [0.2, 0.25) is 0 Å². The molecule has 1 saturated carbocycles. The molecule has 1 aromatic rings. The molecule has 2 aliphatic rings. The average Bonchev–Trinajstić information content (AvgIpc) is 3.23. The molecule has 3 rings (SSSR count). The second kappa shape index (κ2) is 5.28. The van der Waals surface area contributed by atoms with Crippen molar-refractivity contribution >= 4 is 0 Å². The summed E-state index contributed by atoms with van der Waals surface area (Å²) in [6.07, 6.45) is 6.93. The van der Waals surface area contributed by atoms with Gasteiger partial charge in [0.25, 0.3) is 0 Å². The summed E-state index contributed by atoms with van der Waals surface area (Å²) in [6.45, 7) is 6.05. The Hall–Kier alpha value is -0.820. The molecule has 1 aliphatic carbocycles. The first-order valence-electron chi connectivity index (χ1n) is 8.04. The molecule has 1 aliphatic heterocycles. The highest BCUT2D eigenvalue weighted by atomic mass is 15.0. The molecule has 0 spiro atoms. The lowest BCUT2D eigenvalue weighted by Crippen LogP contribution is -2.51. The maximum Gasteiger partial charge on any atom is 0.0238 e. The maximum atomic E-state index is 3.96. The standard InChI is InChI=1S/C18H27N/c1-14(2)18(11-7-4-8-12-19-18)17-13-16(17)15-9-5-3-6-10-15/h3,5-6,9-10,14,16-17,19H,4,7-8,11-13H2,1-2H3. The van der Waals surface area contributed by atoms with Gasteiger partial charge >= 0.3 is 0 Å². The van der Waals surface area contributed by atoms with E-state index in [0.29, 0.717) is 5.54 Å². The fourth-order valence-corrected chi connectivity index (χ4v) is 4.20. The molecule has 104 valence electrons. The summed E-state index contributed by atoms with van der Waals surface area (Å²) in [4.78, 5) is 0. The first-order valence-corrected chi connectivity index (χ1v) is 8.04. The van der Waals surface area contributed by atoms with Gasteiger partial charge in [0.05, 0.1) is 0 Å². The fraction of sp³-hybridized carbons (Fsp3) is 0.667. The van der Waals surface area contributed by atoms with E-state index >= 15 is 0 Å². The van der Waals surface area contributed by atoms with Crippen LogP contribution in [0.2, 0.25) is 0 Å². The molecule has 0 amide bonds. The van der Waals surface area contributed by atoms with Crippen molar-refractivity contribution < 1.29 is 0 Å². The minimum absolute atomic E-state index is 0.400. The molecule has 0 bridgehead atoms. The molecule has 1 heteroatoms. The molecule has 1 saturated heterocycles. The predicted octanol–water partition coefficient (Wildman–Crippen LogP) is 4.35. The molecular formula is C18H27N. The van der Waals surface area contributed by atoms with Gasteiger partial charge in [-0.15, -0.1) is 0 Å².